The van der Waals surface area contributed by atoms with Crippen LogP contribution in [0.2, 0.25) is 5.02 Å². The van der Waals surface area contributed by atoms with Gasteiger partial charge in [0, 0.05) is 5.02 Å². The van der Waals surface area contributed by atoms with Gasteiger partial charge in [0.05, 0.1) is 11.9 Å². The van der Waals surface area contributed by atoms with Gasteiger partial charge in [-0.1, -0.05) is 16.8 Å². The molecule has 0 bridgehead atoms. The van der Waals surface area contributed by atoms with Crippen LogP contribution >= 0.6 is 11.6 Å². The van der Waals surface area contributed by atoms with E-state index in [2.05, 4.69) is 10.3 Å². The number of benzene rings is 1. The van der Waals surface area contributed by atoms with Gasteiger partial charge in [-0.05, 0) is 44.0 Å². The van der Waals surface area contributed by atoms with Gasteiger partial charge in [-0.2, -0.15) is 0 Å². The quantitative estimate of drug-likeness (QED) is 0.847. The van der Waals surface area contributed by atoms with Crippen molar-refractivity contribution in [3.05, 3.63) is 40.9 Å². The molecule has 0 radical (unpaired) electrons. The molecule has 0 unspecified atom stereocenters. The van der Waals surface area contributed by atoms with E-state index in [1.165, 1.54) is 10.7 Å². The van der Waals surface area contributed by atoms with Crippen molar-refractivity contribution >= 4 is 11.6 Å². The molecule has 96 valence electrons. The number of aromatic nitrogens is 3. The Kier molecular flexibility index (Phi) is 4.28. The summed E-state index contributed by atoms with van der Waals surface area (Å²) in [6, 6.07) is 4.46. The third-order valence-corrected chi connectivity index (χ3v) is 2.82. The largest absolute Gasteiger partial charge is 0.330 e. The Hall–Kier alpha value is -1.46. The molecule has 0 spiro atoms. The zero-order chi connectivity index (χ0) is 13.0. The van der Waals surface area contributed by atoms with Crippen LogP contribution in [0.1, 0.15) is 18.5 Å². The van der Waals surface area contributed by atoms with E-state index >= 15 is 0 Å². The first-order valence-electron chi connectivity index (χ1n) is 5.77. The Morgan fingerprint density at radius 2 is 2.17 bits per heavy atom. The summed E-state index contributed by atoms with van der Waals surface area (Å²) in [6.07, 6.45) is 4.43. The Balaban J connectivity index is 2.13. The highest BCUT2D eigenvalue weighted by Gasteiger charge is 2.08. The first-order valence-corrected chi connectivity index (χ1v) is 6.15. The third-order valence-electron chi connectivity index (χ3n) is 2.58. The lowest BCUT2D eigenvalue weighted by molar-refractivity contribution is 0.607. The van der Waals surface area contributed by atoms with E-state index in [1.807, 2.05) is 0 Å². The Morgan fingerprint density at radius 3 is 2.89 bits per heavy atom. The minimum absolute atomic E-state index is 0.344. The van der Waals surface area contributed by atoms with E-state index in [1.54, 1.807) is 18.3 Å². The van der Waals surface area contributed by atoms with Crippen LogP contribution in [0.25, 0.3) is 5.69 Å². The lowest BCUT2D eigenvalue weighted by Gasteiger charge is -2.01. The molecule has 0 fully saturated rings. The molecule has 0 saturated carbocycles. The molecule has 2 rings (SSSR count). The molecule has 18 heavy (non-hydrogen) atoms. The van der Waals surface area contributed by atoms with Gasteiger partial charge in [-0.15, -0.1) is 5.10 Å². The summed E-state index contributed by atoms with van der Waals surface area (Å²) < 4.78 is 15.1. The highest BCUT2D eigenvalue weighted by molar-refractivity contribution is 6.30. The number of hydrogen-bond acceptors (Lipinski definition) is 3. The average Bonchev–Trinajstić information content (AvgIpc) is 2.78. The van der Waals surface area contributed by atoms with Crippen LogP contribution in [0, 0.1) is 5.82 Å². The molecule has 2 N–H and O–H groups in total. The van der Waals surface area contributed by atoms with E-state index < -0.39 is 5.82 Å². The van der Waals surface area contributed by atoms with Crippen LogP contribution in [-0.2, 0) is 6.42 Å². The van der Waals surface area contributed by atoms with Crippen molar-refractivity contribution in [2.45, 2.75) is 19.3 Å². The topological polar surface area (TPSA) is 56.7 Å². The molecule has 1 heterocycles. The predicted molar refractivity (Wildman–Crippen MR) is 68.3 cm³/mol. The maximum Gasteiger partial charge on any atom is 0.150 e. The maximum atomic E-state index is 13.7. The summed E-state index contributed by atoms with van der Waals surface area (Å²) in [6.45, 7) is 0.667. The zero-order valence-electron chi connectivity index (χ0n) is 9.81. The van der Waals surface area contributed by atoms with Crippen LogP contribution in [0.3, 0.4) is 0 Å². The highest BCUT2D eigenvalue weighted by Crippen LogP contribution is 2.17. The maximum absolute atomic E-state index is 13.7. The zero-order valence-corrected chi connectivity index (χ0v) is 10.6. The van der Waals surface area contributed by atoms with Gasteiger partial charge in [0.2, 0.25) is 0 Å². The van der Waals surface area contributed by atoms with Crippen LogP contribution in [0.4, 0.5) is 4.39 Å². The number of nitrogens with zero attached hydrogens (tertiary/aromatic N) is 3. The molecule has 2 aromatic rings. The fourth-order valence-electron chi connectivity index (χ4n) is 1.65. The molecule has 1 aromatic carbocycles. The van der Waals surface area contributed by atoms with Gasteiger partial charge in [0.1, 0.15) is 11.5 Å². The van der Waals surface area contributed by atoms with Crippen molar-refractivity contribution in [3.63, 3.8) is 0 Å². The van der Waals surface area contributed by atoms with Crippen LogP contribution in [0.5, 0.6) is 0 Å². The standard InChI is InChI=1S/C12H14ClFN4/c13-9-4-5-12(11(14)7-9)18-8-10(16-17-18)3-1-2-6-15/h4-5,7-8H,1-3,6,15H2. The fourth-order valence-corrected chi connectivity index (χ4v) is 1.81. The summed E-state index contributed by atoms with van der Waals surface area (Å²) in [5.74, 6) is -0.416. The normalized spacial score (nSPS) is 10.8. The molecule has 0 amide bonds. The summed E-state index contributed by atoms with van der Waals surface area (Å²) >= 11 is 5.70. The molecular formula is C12H14ClFN4. The summed E-state index contributed by atoms with van der Waals surface area (Å²) in [5, 5.41) is 8.27. The minimum Gasteiger partial charge on any atom is -0.330 e. The van der Waals surface area contributed by atoms with Gasteiger partial charge in [0.15, 0.2) is 0 Å². The second-order valence-electron chi connectivity index (χ2n) is 4.00. The number of unbranched alkanes of at least 4 members (excludes halogenated alkanes) is 1. The molecule has 0 aliphatic heterocycles. The minimum atomic E-state index is -0.416. The molecule has 1 aromatic heterocycles. The van der Waals surface area contributed by atoms with E-state index in [9.17, 15) is 4.39 Å². The van der Waals surface area contributed by atoms with Gasteiger partial charge < -0.3 is 5.73 Å². The van der Waals surface area contributed by atoms with Crippen molar-refractivity contribution in [1.82, 2.24) is 15.0 Å². The van der Waals surface area contributed by atoms with Crippen molar-refractivity contribution in [1.29, 1.82) is 0 Å². The van der Waals surface area contributed by atoms with Crippen molar-refractivity contribution in [2.24, 2.45) is 5.73 Å². The van der Waals surface area contributed by atoms with E-state index in [0.29, 0.717) is 17.3 Å². The van der Waals surface area contributed by atoms with Gasteiger partial charge in [-0.3, -0.25) is 0 Å². The number of rotatable bonds is 5. The number of nitrogens with two attached hydrogens (primary N) is 1. The van der Waals surface area contributed by atoms with Crippen molar-refractivity contribution in [3.8, 4) is 5.69 Å². The first kappa shape index (κ1) is 13.0. The van der Waals surface area contributed by atoms with E-state index in [0.717, 1.165) is 25.0 Å². The predicted octanol–water partition coefficient (Wildman–Crippen LogP) is 2.34. The Bertz CT molecular complexity index is 527. The Morgan fingerprint density at radius 1 is 1.33 bits per heavy atom. The van der Waals surface area contributed by atoms with Crippen LogP contribution < -0.4 is 5.73 Å². The number of halogens is 2. The van der Waals surface area contributed by atoms with Crippen molar-refractivity contribution in [2.75, 3.05) is 6.54 Å². The fraction of sp³-hybridized carbons (Fsp3) is 0.333. The monoisotopic (exact) mass is 268 g/mol. The Labute approximate surface area is 110 Å². The van der Waals surface area contributed by atoms with E-state index in [-0.39, 0.29) is 0 Å². The molecule has 6 heteroatoms. The third kappa shape index (κ3) is 3.05. The van der Waals surface area contributed by atoms with Gasteiger partial charge >= 0.3 is 0 Å². The summed E-state index contributed by atoms with van der Waals surface area (Å²) in [7, 11) is 0. The average molecular weight is 269 g/mol. The first-order chi connectivity index (χ1) is 8.70. The summed E-state index contributed by atoms with van der Waals surface area (Å²) in [4.78, 5) is 0. The molecular weight excluding hydrogens is 255 g/mol. The number of aryl methyl sites for hydroxylation is 1. The molecule has 0 aliphatic rings. The van der Waals surface area contributed by atoms with Crippen LogP contribution in [-0.4, -0.2) is 21.5 Å². The number of hydrogen-bond donors (Lipinski definition) is 1. The second kappa shape index (κ2) is 5.93. The lowest BCUT2D eigenvalue weighted by Crippen LogP contribution is -1.99. The van der Waals surface area contributed by atoms with E-state index in [4.69, 9.17) is 17.3 Å². The molecule has 0 saturated heterocycles. The van der Waals surface area contributed by atoms with Crippen molar-refractivity contribution < 1.29 is 4.39 Å². The smallest absolute Gasteiger partial charge is 0.150 e. The molecule has 0 aliphatic carbocycles. The SMILES string of the molecule is NCCCCc1cn(-c2ccc(Cl)cc2F)nn1. The lowest BCUT2D eigenvalue weighted by atomic mass is 10.2. The van der Waals surface area contributed by atoms with Gasteiger partial charge in [-0.25, -0.2) is 9.07 Å². The van der Waals surface area contributed by atoms with Crippen LogP contribution in [0.15, 0.2) is 24.4 Å². The molecule has 4 nitrogen and oxygen atoms in total. The highest BCUT2D eigenvalue weighted by atomic mass is 35.5. The van der Waals surface area contributed by atoms with Gasteiger partial charge in [0.25, 0.3) is 0 Å². The summed E-state index contributed by atoms with van der Waals surface area (Å²) in [5.41, 5.74) is 6.60. The second-order valence-corrected chi connectivity index (χ2v) is 4.43. The molecule has 0 atom stereocenters.